The molecule has 0 aromatic carbocycles. The van der Waals surface area contributed by atoms with Gasteiger partial charge in [-0.3, -0.25) is 5.41 Å². The molecule has 0 heterocycles. The molecule has 0 bridgehead atoms. The first-order valence-electron chi connectivity index (χ1n) is 2.64. The van der Waals surface area contributed by atoms with Crippen molar-refractivity contribution in [2.24, 2.45) is 0 Å². The van der Waals surface area contributed by atoms with Gasteiger partial charge in [0.05, 0.1) is 5.71 Å². The van der Waals surface area contributed by atoms with E-state index in [4.69, 9.17) is 5.41 Å². The summed E-state index contributed by atoms with van der Waals surface area (Å²) in [5.74, 6) is 0. The lowest BCUT2D eigenvalue weighted by Crippen LogP contribution is -2.00. The van der Waals surface area contributed by atoms with Gasteiger partial charge in [0.25, 0.3) is 0 Å². The van der Waals surface area contributed by atoms with Crippen molar-refractivity contribution in [2.45, 2.75) is 0 Å². The minimum atomic E-state index is 0.465. The molecule has 0 saturated carbocycles. The molecule has 0 aromatic rings. The van der Waals surface area contributed by atoms with Crippen LogP contribution in [0.5, 0.6) is 0 Å². The Hall–Kier alpha value is -0.150. The summed E-state index contributed by atoms with van der Waals surface area (Å²) in [6, 6.07) is 0. The third-order valence-electron chi connectivity index (χ3n) is 1.10. The predicted octanol–water partition coefficient (Wildman–Crippen LogP) is 3.13. The van der Waals surface area contributed by atoms with Crippen molar-refractivity contribution >= 4 is 37.6 Å². The van der Waals surface area contributed by atoms with E-state index in [-0.39, 0.29) is 0 Å². The van der Waals surface area contributed by atoms with Crippen LogP contribution in [0.1, 0.15) is 0 Å². The third kappa shape index (κ3) is 1.47. The van der Waals surface area contributed by atoms with Gasteiger partial charge in [-0.1, -0.05) is 6.58 Å². The average molecular weight is 263 g/mol. The van der Waals surface area contributed by atoms with E-state index < -0.39 is 0 Å². The lowest BCUT2D eigenvalue weighted by molar-refractivity contribution is 1.50. The number of allylic oxidation sites excluding steroid dienone is 5. The molecule has 0 aromatic heterocycles. The van der Waals surface area contributed by atoms with Crippen LogP contribution < -0.4 is 0 Å². The molecule has 0 amide bonds. The SMILES string of the molecule is C=C1C=C(Br)C(=N)C(Br)=C1. The van der Waals surface area contributed by atoms with Gasteiger partial charge in [-0.2, -0.15) is 0 Å². The van der Waals surface area contributed by atoms with Gasteiger partial charge in [0.15, 0.2) is 0 Å². The zero-order valence-electron chi connectivity index (χ0n) is 5.12. The second-order valence-corrected chi connectivity index (χ2v) is 3.64. The molecule has 1 N–H and O–H groups in total. The van der Waals surface area contributed by atoms with Crippen LogP contribution in [-0.2, 0) is 0 Å². The molecular formula is C7H5Br2N. The molecule has 0 fully saturated rings. The maximum Gasteiger partial charge on any atom is 0.0824 e. The fourth-order valence-corrected chi connectivity index (χ4v) is 1.91. The molecule has 1 aliphatic rings. The van der Waals surface area contributed by atoms with Crippen molar-refractivity contribution in [3.8, 4) is 0 Å². The van der Waals surface area contributed by atoms with Crippen molar-refractivity contribution in [2.75, 3.05) is 0 Å². The van der Waals surface area contributed by atoms with Crippen LogP contribution in [0.3, 0.4) is 0 Å². The largest absolute Gasteiger partial charge is 0.299 e. The van der Waals surface area contributed by atoms with Gasteiger partial charge in [0.2, 0.25) is 0 Å². The zero-order valence-corrected chi connectivity index (χ0v) is 8.29. The van der Waals surface area contributed by atoms with E-state index in [1.54, 1.807) is 0 Å². The Bertz CT molecular complexity index is 237. The molecule has 0 saturated heterocycles. The summed E-state index contributed by atoms with van der Waals surface area (Å²) in [6.07, 6.45) is 3.63. The summed E-state index contributed by atoms with van der Waals surface area (Å²) < 4.78 is 1.54. The van der Waals surface area contributed by atoms with Crippen molar-refractivity contribution in [3.05, 3.63) is 33.3 Å². The number of nitrogens with one attached hydrogen (secondary N) is 1. The number of hydrogen-bond donors (Lipinski definition) is 1. The van der Waals surface area contributed by atoms with Crippen LogP contribution in [0.25, 0.3) is 0 Å². The Morgan fingerprint density at radius 1 is 1.20 bits per heavy atom. The van der Waals surface area contributed by atoms with E-state index in [1.165, 1.54) is 0 Å². The summed E-state index contributed by atoms with van der Waals surface area (Å²) in [5.41, 5.74) is 1.36. The molecule has 0 spiro atoms. The van der Waals surface area contributed by atoms with Crippen LogP contribution in [-0.4, -0.2) is 5.71 Å². The van der Waals surface area contributed by atoms with Crippen LogP contribution in [0.15, 0.2) is 33.3 Å². The molecule has 1 aliphatic carbocycles. The third-order valence-corrected chi connectivity index (χ3v) is 2.35. The van der Waals surface area contributed by atoms with Crippen molar-refractivity contribution in [1.29, 1.82) is 5.41 Å². The monoisotopic (exact) mass is 261 g/mol. The Morgan fingerprint density at radius 3 is 2.00 bits per heavy atom. The first kappa shape index (κ1) is 7.95. The highest BCUT2D eigenvalue weighted by Crippen LogP contribution is 2.25. The van der Waals surface area contributed by atoms with Gasteiger partial charge < -0.3 is 0 Å². The minimum absolute atomic E-state index is 0.465. The standard InChI is InChI=1S/C7H5Br2N/c1-4-2-5(8)7(10)6(9)3-4/h2-3,10H,1H2. The molecule has 0 aliphatic heterocycles. The highest BCUT2D eigenvalue weighted by atomic mass is 79.9. The van der Waals surface area contributed by atoms with Crippen molar-refractivity contribution < 1.29 is 0 Å². The topological polar surface area (TPSA) is 23.9 Å². The van der Waals surface area contributed by atoms with Crippen LogP contribution in [0.2, 0.25) is 0 Å². The van der Waals surface area contributed by atoms with E-state index in [1.807, 2.05) is 12.2 Å². The molecular weight excluding hydrogens is 258 g/mol. The maximum absolute atomic E-state index is 7.42. The molecule has 52 valence electrons. The predicted molar refractivity (Wildman–Crippen MR) is 50.9 cm³/mol. The first-order valence-corrected chi connectivity index (χ1v) is 4.22. The summed E-state index contributed by atoms with van der Waals surface area (Å²) in [4.78, 5) is 0. The van der Waals surface area contributed by atoms with Gasteiger partial charge in [-0.25, -0.2) is 0 Å². The van der Waals surface area contributed by atoms with E-state index in [9.17, 15) is 0 Å². The zero-order chi connectivity index (χ0) is 7.72. The number of halogens is 2. The van der Waals surface area contributed by atoms with Crippen LogP contribution >= 0.6 is 31.9 Å². The average Bonchev–Trinajstić information content (AvgIpc) is 1.82. The Labute approximate surface area is 76.3 Å². The van der Waals surface area contributed by atoms with E-state index in [0.29, 0.717) is 5.71 Å². The second kappa shape index (κ2) is 2.84. The molecule has 0 unspecified atom stereocenters. The lowest BCUT2D eigenvalue weighted by Gasteiger charge is -2.07. The Kier molecular flexibility index (Phi) is 2.26. The van der Waals surface area contributed by atoms with Crippen molar-refractivity contribution in [1.82, 2.24) is 0 Å². The summed E-state index contributed by atoms with van der Waals surface area (Å²) >= 11 is 6.48. The molecule has 3 heteroatoms. The van der Waals surface area contributed by atoms with Gasteiger partial charge in [-0.15, -0.1) is 0 Å². The fourth-order valence-electron chi connectivity index (χ4n) is 0.626. The molecule has 0 radical (unpaired) electrons. The Balaban J connectivity index is 3.05. The maximum atomic E-state index is 7.42. The quantitative estimate of drug-likeness (QED) is 0.694. The van der Waals surface area contributed by atoms with Crippen LogP contribution in [0.4, 0.5) is 0 Å². The Morgan fingerprint density at radius 2 is 1.60 bits per heavy atom. The van der Waals surface area contributed by atoms with E-state index in [0.717, 1.165) is 14.5 Å². The highest BCUT2D eigenvalue weighted by molar-refractivity contribution is 9.13. The summed E-state index contributed by atoms with van der Waals surface area (Å²) in [7, 11) is 0. The van der Waals surface area contributed by atoms with Gasteiger partial charge >= 0.3 is 0 Å². The number of rotatable bonds is 0. The van der Waals surface area contributed by atoms with Gasteiger partial charge in [0, 0.05) is 8.96 Å². The molecule has 10 heavy (non-hydrogen) atoms. The molecule has 1 rings (SSSR count). The van der Waals surface area contributed by atoms with Crippen molar-refractivity contribution in [3.63, 3.8) is 0 Å². The summed E-state index contributed by atoms with van der Waals surface area (Å²) in [6.45, 7) is 3.74. The fraction of sp³-hybridized carbons (Fsp3) is 0. The molecule has 0 atom stereocenters. The van der Waals surface area contributed by atoms with E-state index in [2.05, 4.69) is 38.4 Å². The van der Waals surface area contributed by atoms with Crippen LogP contribution in [0, 0.1) is 5.41 Å². The first-order chi connectivity index (χ1) is 4.61. The smallest absolute Gasteiger partial charge is 0.0824 e. The number of hydrogen-bond acceptors (Lipinski definition) is 1. The summed E-state index contributed by atoms with van der Waals surface area (Å²) in [5, 5.41) is 7.42. The van der Waals surface area contributed by atoms with Gasteiger partial charge in [-0.05, 0) is 49.6 Å². The second-order valence-electron chi connectivity index (χ2n) is 1.93. The van der Waals surface area contributed by atoms with Gasteiger partial charge in [0.1, 0.15) is 0 Å². The van der Waals surface area contributed by atoms with E-state index >= 15 is 0 Å². The highest BCUT2D eigenvalue weighted by Gasteiger charge is 2.10. The minimum Gasteiger partial charge on any atom is -0.299 e. The molecule has 1 nitrogen and oxygen atoms in total. The normalized spacial score (nSPS) is 18.6. The lowest BCUT2D eigenvalue weighted by atomic mass is 10.1.